The summed E-state index contributed by atoms with van der Waals surface area (Å²) in [6.07, 6.45) is 1.54. The van der Waals surface area contributed by atoms with Crippen molar-refractivity contribution < 1.29 is 8.42 Å². The van der Waals surface area contributed by atoms with Crippen LogP contribution < -0.4 is 0 Å². The van der Waals surface area contributed by atoms with Gasteiger partial charge in [0, 0.05) is 22.4 Å². The lowest BCUT2D eigenvalue weighted by Crippen LogP contribution is -1.96. The van der Waals surface area contributed by atoms with E-state index < -0.39 is 9.05 Å². The second kappa shape index (κ2) is 4.23. The van der Waals surface area contributed by atoms with E-state index in [4.69, 9.17) is 10.7 Å². The van der Waals surface area contributed by atoms with Gasteiger partial charge in [0.15, 0.2) is 0 Å². The Morgan fingerprint density at radius 3 is 2.31 bits per heavy atom. The van der Waals surface area contributed by atoms with Crippen LogP contribution in [0.4, 0.5) is 0 Å². The van der Waals surface area contributed by atoms with Crippen molar-refractivity contribution in [2.75, 3.05) is 0 Å². The summed E-state index contributed by atoms with van der Waals surface area (Å²) in [5, 5.41) is 0. The molecule has 0 spiro atoms. The molecule has 0 atom stereocenters. The van der Waals surface area contributed by atoms with E-state index in [1.54, 1.807) is 18.2 Å². The van der Waals surface area contributed by atoms with Crippen LogP contribution in [0.1, 0.15) is 0 Å². The predicted octanol–water partition coefficient (Wildman–Crippen LogP) is 2.68. The molecule has 16 heavy (non-hydrogen) atoms. The van der Waals surface area contributed by atoms with Crippen molar-refractivity contribution >= 4 is 19.7 Å². The van der Waals surface area contributed by atoms with Gasteiger partial charge in [-0.15, -0.1) is 0 Å². The summed E-state index contributed by atoms with van der Waals surface area (Å²) in [4.78, 5) is 4.08. The summed E-state index contributed by atoms with van der Waals surface area (Å²) < 4.78 is 22.7. The van der Waals surface area contributed by atoms with Crippen molar-refractivity contribution in [1.82, 2.24) is 4.98 Å². The van der Waals surface area contributed by atoms with Crippen LogP contribution in [0.3, 0.4) is 0 Å². The lowest BCUT2D eigenvalue weighted by molar-refractivity contribution is 0.609. The SMILES string of the molecule is O=S(=O)(Cl)c1cccnc1-c1ccccc1. The maximum Gasteiger partial charge on any atom is 0.263 e. The first kappa shape index (κ1) is 11.1. The minimum atomic E-state index is -3.77. The van der Waals surface area contributed by atoms with Gasteiger partial charge in [-0.05, 0) is 12.1 Å². The Labute approximate surface area is 98.1 Å². The summed E-state index contributed by atoms with van der Waals surface area (Å²) in [7, 11) is 1.57. The second-order valence-electron chi connectivity index (χ2n) is 3.15. The Morgan fingerprint density at radius 2 is 1.69 bits per heavy atom. The molecule has 0 saturated heterocycles. The van der Waals surface area contributed by atoms with E-state index in [1.165, 1.54) is 12.3 Å². The minimum Gasteiger partial charge on any atom is -0.255 e. The lowest BCUT2D eigenvalue weighted by atomic mass is 10.1. The molecule has 0 unspecified atom stereocenters. The highest BCUT2D eigenvalue weighted by molar-refractivity contribution is 8.13. The predicted molar refractivity (Wildman–Crippen MR) is 62.7 cm³/mol. The van der Waals surface area contributed by atoms with Gasteiger partial charge in [-0.3, -0.25) is 4.98 Å². The Balaban J connectivity index is 2.68. The molecule has 0 bridgehead atoms. The van der Waals surface area contributed by atoms with E-state index in [0.717, 1.165) is 5.56 Å². The summed E-state index contributed by atoms with van der Waals surface area (Å²) in [6, 6.07) is 12.0. The number of hydrogen-bond donors (Lipinski definition) is 0. The molecule has 82 valence electrons. The van der Waals surface area contributed by atoms with E-state index in [-0.39, 0.29) is 4.90 Å². The van der Waals surface area contributed by atoms with E-state index >= 15 is 0 Å². The normalized spacial score (nSPS) is 11.3. The standard InChI is InChI=1S/C11H8ClNO2S/c12-16(14,15)10-7-4-8-13-11(10)9-5-2-1-3-6-9/h1-8H. The number of aromatic nitrogens is 1. The summed E-state index contributed by atoms with van der Waals surface area (Å²) >= 11 is 0. The molecule has 0 aliphatic carbocycles. The van der Waals surface area contributed by atoms with Crippen LogP contribution in [0.5, 0.6) is 0 Å². The maximum absolute atomic E-state index is 11.4. The van der Waals surface area contributed by atoms with Crippen LogP contribution in [-0.4, -0.2) is 13.4 Å². The summed E-state index contributed by atoms with van der Waals surface area (Å²) in [5.41, 5.74) is 1.10. The molecule has 0 radical (unpaired) electrons. The van der Waals surface area contributed by atoms with Crippen molar-refractivity contribution in [3.05, 3.63) is 48.7 Å². The zero-order chi connectivity index (χ0) is 11.6. The zero-order valence-electron chi connectivity index (χ0n) is 8.17. The summed E-state index contributed by atoms with van der Waals surface area (Å²) in [5.74, 6) is 0. The Bertz CT molecular complexity index is 596. The molecule has 2 rings (SSSR count). The molecular weight excluding hydrogens is 246 g/mol. The Morgan fingerprint density at radius 1 is 1.00 bits per heavy atom. The van der Waals surface area contributed by atoms with Gasteiger partial charge in [-0.25, -0.2) is 8.42 Å². The highest BCUT2D eigenvalue weighted by Gasteiger charge is 2.16. The topological polar surface area (TPSA) is 47.0 Å². The first-order valence-corrected chi connectivity index (χ1v) is 6.85. The molecule has 1 heterocycles. The molecule has 0 amide bonds. The molecule has 0 N–H and O–H groups in total. The molecule has 1 aromatic carbocycles. The molecule has 5 heteroatoms. The van der Waals surface area contributed by atoms with Gasteiger partial charge >= 0.3 is 0 Å². The molecule has 3 nitrogen and oxygen atoms in total. The maximum atomic E-state index is 11.4. The Kier molecular flexibility index (Phi) is 2.94. The average molecular weight is 254 g/mol. The van der Waals surface area contributed by atoms with Crippen LogP contribution in [0, 0.1) is 0 Å². The molecule has 1 aromatic heterocycles. The smallest absolute Gasteiger partial charge is 0.255 e. The van der Waals surface area contributed by atoms with Gasteiger partial charge in [0.1, 0.15) is 4.90 Å². The van der Waals surface area contributed by atoms with E-state index in [2.05, 4.69) is 4.98 Å². The van der Waals surface area contributed by atoms with Crippen LogP contribution in [0.2, 0.25) is 0 Å². The summed E-state index contributed by atoms with van der Waals surface area (Å²) in [6.45, 7) is 0. The van der Waals surface area contributed by atoms with Gasteiger partial charge < -0.3 is 0 Å². The third-order valence-corrected chi connectivity index (χ3v) is 3.43. The van der Waals surface area contributed by atoms with E-state index in [0.29, 0.717) is 5.69 Å². The third kappa shape index (κ3) is 2.23. The van der Waals surface area contributed by atoms with Crippen molar-refractivity contribution in [3.63, 3.8) is 0 Å². The minimum absolute atomic E-state index is 0.0304. The van der Waals surface area contributed by atoms with Gasteiger partial charge in [-0.2, -0.15) is 0 Å². The number of nitrogens with zero attached hydrogens (tertiary/aromatic N) is 1. The largest absolute Gasteiger partial charge is 0.263 e. The fourth-order valence-electron chi connectivity index (χ4n) is 1.40. The number of pyridine rings is 1. The van der Waals surface area contributed by atoms with Gasteiger partial charge in [0.2, 0.25) is 0 Å². The average Bonchev–Trinajstić information content (AvgIpc) is 2.29. The van der Waals surface area contributed by atoms with Crippen LogP contribution in [0.25, 0.3) is 11.3 Å². The van der Waals surface area contributed by atoms with E-state index in [9.17, 15) is 8.42 Å². The zero-order valence-corrected chi connectivity index (χ0v) is 9.74. The van der Waals surface area contributed by atoms with Crippen LogP contribution in [-0.2, 0) is 9.05 Å². The molecule has 0 saturated carbocycles. The second-order valence-corrected chi connectivity index (χ2v) is 5.69. The molecule has 0 aliphatic heterocycles. The molecule has 0 aliphatic rings. The fraction of sp³-hybridized carbons (Fsp3) is 0. The van der Waals surface area contributed by atoms with E-state index in [1.807, 2.05) is 18.2 Å². The number of halogens is 1. The highest BCUT2D eigenvalue weighted by Crippen LogP contribution is 2.26. The van der Waals surface area contributed by atoms with Gasteiger partial charge in [-0.1, -0.05) is 30.3 Å². The first-order valence-electron chi connectivity index (χ1n) is 4.54. The lowest BCUT2D eigenvalue weighted by Gasteiger charge is -2.04. The first-order chi connectivity index (χ1) is 7.59. The third-order valence-electron chi connectivity index (χ3n) is 2.08. The fourth-order valence-corrected chi connectivity index (χ4v) is 2.42. The number of rotatable bonds is 2. The molecule has 0 fully saturated rings. The van der Waals surface area contributed by atoms with Crippen molar-refractivity contribution in [2.45, 2.75) is 4.90 Å². The van der Waals surface area contributed by atoms with Crippen molar-refractivity contribution in [2.24, 2.45) is 0 Å². The molecule has 2 aromatic rings. The number of benzene rings is 1. The van der Waals surface area contributed by atoms with Gasteiger partial charge in [0.05, 0.1) is 5.69 Å². The van der Waals surface area contributed by atoms with Gasteiger partial charge in [0.25, 0.3) is 9.05 Å². The highest BCUT2D eigenvalue weighted by atomic mass is 35.7. The Hall–Kier alpha value is -1.39. The molecular formula is C11H8ClNO2S. The number of hydrogen-bond acceptors (Lipinski definition) is 3. The van der Waals surface area contributed by atoms with Crippen LogP contribution >= 0.6 is 10.7 Å². The van der Waals surface area contributed by atoms with Crippen molar-refractivity contribution in [3.8, 4) is 11.3 Å². The van der Waals surface area contributed by atoms with Crippen molar-refractivity contribution in [1.29, 1.82) is 0 Å². The van der Waals surface area contributed by atoms with Crippen LogP contribution in [0.15, 0.2) is 53.6 Å². The quantitative estimate of drug-likeness (QED) is 0.773. The monoisotopic (exact) mass is 253 g/mol.